The molecule has 1 aliphatic rings. The van der Waals surface area contributed by atoms with Crippen LogP contribution in [-0.4, -0.2) is 36.5 Å². The number of hydrogen-bond donors (Lipinski definition) is 0. The molecule has 2 aromatic rings. The van der Waals surface area contributed by atoms with Crippen LogP contribution in [0.5, 0.6) is 5.75 Å². The summed E-state index contributed by atoms with van der Waals surface area (Å²) >= 11 is 0. The quantitative estimate of drug-likeness (QED) is 0.637. The molecule has 3 heteroatoms. The molecule has 1 aliphatic heterocycles. The summed E-state index contributed by atoms with van der Waals surface area (Å²) < 4.78 is 6.54. The second-order valence-electron chi connectivity index (χ2n) is 7.98. The predicted molar refractivity (Wildman–Crippen MR) is 110 cm³/mol. The summed E-state index contributed by atoms with van der Waals surface area (Å²) in [6.07, 6.45) is 2.97. The van der Waals surface area contributed by atoms with Crippen LogP contribution in [0.2, 0.25) is 0 Å². The first-order valence-electron chi connectivity index (χ1n) is 10.1. The minimum Gasteiger partial charge on any atom is -0.494 e. The number of aryl methyl sites for hydroxylation is 2. The molecule has 3 rings (SSSR count). The second-order valence-corrected chi connectivity index (χ2v) is 7.98. The summed E-state index contributed by atoms with van der Waals surface area (Å²) in [5.74, 6) is 1.25. The van der Waals surface area contributed by atoms with Crippen molar-refractivity contribution < 1.29 is 14.0 Å². The van der Waals surface area contributed by atoms with E-state index < -0.39 is 0 Å². The third-order valence-corrected chi connectivity index (χ3v) is 5.74. The van der Waals surface area contributed by atoms with Crippen LogP contribution in [0.4, 0.5) is 0 Å². The van der Waals surface area contributed by atoms with Gasteiger partial charge in [0.1, 0.15) is 18.8 Å². The lowest BCUT2D eigenvalue weighted by Crippen LogP contribution is -2.48. The van der Waals surface area contributed by atoms with Gasteiger partial charge in [0.15, 0.2) is 5.78 Å². The van der Waals surface area contributed by atoms with Crippen LogP contribution in [0, 0.1) is 13.8 Å². The van der Waals surface area contributed by atoms with Gasteiger partial charge in [-0.3, -0.25) is 4.79 Å². The average molecular weight is 367 g/mol. The van der Waals surface area contributed by atoms with E-state index in [0.717, 1.165) is 41.0 Å². The van der Waals surface area contributed by atoms with Gasteiger partial charge in [-0.1, -0.05) is 30.3 Å². The summed E-state index contributed by atoms with van der Waals surface area (Å²) in [5.41, 5.74) is 4.81. The van der Waals surface area contributed by atoms with Gasteiger partial charge in [-0.2, -0.15) is 0 Å². The Morgan fingerprint density at radius 1 is 1.04 bits per heavy atom. The van der Waals surface area contributed by atoms with Crippen LogP contribution >= 0.6 is 0 Å². The molecule has 0 amide bonds. The topological polar surface area (TPSA) is 26.3 Å². The van der Waals surface area contributed by atoms with Crippen LogP contribution in [0.15, 0.2) is 42.5 Å². The lowest BCUT2D eigenvalue weighted by Gasteiger charge is -2.34. The summed E-state index contributed by atoms with van der Waals surface area (Å²) in [6, 6.07) is 14.7. The highest BCUT2D eigenvalue weighted by molar-refractivity contribution is 5.82. The SMILES string of the molecule is CCOc1cc(C)c(CC(=O)C[N+]2(Cc3ccccc3)CCCC2)c(C)c1. The van der Waals surface area contributed by atoms with Crippen LogP contribution in [0.1, 0.15) is 42.0 Å². The van der Waals surface area contributed by atoms with Crippen molar-refractivity contribution in [2.75, 3.05) is 26.2 Å². The van der Waals surface area contributed by atoms with Crippen molar-refractivity contribution in [3.05, 3.63) is 64.7 Å². The van der Waals surface area contributed by atoms with Gasteiger partial charge in [0, 0.05) is 24.8 Å². The maximum absolute atomic E-state index is 13.0. The van der Waals surface area contributed by atoms with Gasteiger partial charge < -0.3 is 9.22 Å². The Kier molecular flexibility index (Phi) is 6.33. The summed E-state index contributed by atoms with van der Waals surface area (Å²) in [7, 11) is 0. The number of hydrogen-bond acceptors (Lipinski definition) is 2. The molecule has 2 aromatic carbocycles. The van der Waals surface area contributed by atoms with Crippen LogP contribution in [0.3, 0.4) is 0 Å². The van der Waals surface area contributed by atoms with Crippen molar-refractivity contribution in [3.63, 3.8) is 0 Å². The normalized spacial score (nSPS) is 15.7. The number of likely N-dealkylation sites (tertiary alicyclic amines) is 1. The number of ether oxygens (including phenoxy) is 1. The van der Waals surface area contributed by atoms with E-state index in [4.69, 9.17) is 4.74 Å². The third-order valence-electron chi connectivity index (χ3n) is 5.74. The number of carbonyl (C=O) groups excluding carboxylic acids is 1. The molecule has 1 fully saturated rings. The summed E-state index contributed by atoms with van der Waals surface area (Å²) in [5, 5.41) is 0. The minimum atomic E-state index is 0.350. The molecule has 0 bridgehead atoms. The zero-order valence-corrected chi connectivity index (χ0v) is 17.0. The van der Waals surface area contributed by atoms with E-state index in [-0.39, 0.29) is 0 Å². The van der Waals surface area contributed by atoms with E-state index in [1.165, 1.54) is 24.0 Å². The van der Waals surface area contributed by atoms with E-state index in [0.29, 0.717) is 25.4 Å². The number of benzene rings is 2. The number of carbonyl (C=O) groups is 1. The lowest BCUT2D eigenvalue weighted by molar-refractivity contribution is -0.922. The Hall–Kier alpha value is -2.13. The molecule has 27 heavy (non-hydrogen) atoms. The Morgan fingerprint density at radius 3 is 2.26 bits per heavy atom. The van der Waals surface area contributed by atoms with Gasteiger partial charge in [0.2, 0.25) is 0 Å². The van der Waals surface area contributed by atoms with E-state index >= 15 is 0 Å². The minimum absolute atomic E-state index is 0.350. The molecule has 0 radical (unpaired) electrons. The zero-order chi connectivity index (χ0) is 19.3. The molecule has 0 saturated carbocycles. The maximum atomic E-state index is 13.0. The number of rotatable bonds is 8. The van der Waals surface area contributed by atoms with Gasteiger partial charge >= 0.3 is 0 Å². The molecule has 3 nitrogen and oxygen atoms in total. The molecular weight excluding hydrogens is 334 g/mol. The molecule has 0 atom stereocenters. The van der Waals surface area contributed by atoms with Crippen molar-refractivity contribution in [2.45, 2.75) is 46.6 Å². The number of ketones is 1. The largest absolute Gasteiger partial charge is 0.494 e. The van der Waals surface area contributed by atoms with Crippen molar-refractivity contribution in [1.82, 2.24) is 0 Å². The highest BCUT2D eigenvalue weighted by atomic mass is 16.5. The van der Waals surface area contributed by atoms with Crippen LogP contribution < -0.4 is 4.74 Å². The van der Waals surface area contributed by atoms with E-state index in [2.05, 4.69) is 56.3 Å². The monoisotopic (exact) mass is 366 g/mol. The highest BCUT2D eigenvalue weighted by Gasteiger charge is 2.34. The molecular formula is C24H32NO2+. The standard InChI is InChI=1S/C24H32NO2/c1-4-27-23-14-19(2)24(20(3)15-23)16-22(26)18-25(12-8-9-13-25)17-21-10-6-5-7-11-21/h5-7,10-11,14-15H,4,8-9,12-13,16-18H2,1-3H3/q+1. The summed E-state index contributed by atoms with van der Waals surface area (Å²) in [6.45, 7) is 10.7. The Morgan fingerprint density at radius 2 is 1.67 bits per heavy atom. The van der Waals surface area contributed by atoms with E-state index in [1.807, 2.05) is 6.92 Å². The first kappa shape index (κ1) is 19.6. The molecule has 0 aliphatic carbocycles. The van der Waals surface area contributed by atoms with Crippen LogP contribution in [0.25, 0.3) is 0 Å². The Bertz CT molecular complexity index is 753. The fraction of sp³-hybridized carbons (Fsp3) is 0.458. The molecule has 0 N–H and O–H groups in total. The van der Waals surface area contributed by atoms with Gasteiger partial charge in [-0.05, 0) is 49.6 Å². The fourth-order valence-electron chi connectivity index (χ4n) is 4.46. The number of quaternary nitrogens is 1. The molecule has 0 unspecified atom stereocenters. The molecule has 0 spiro atoms. The zero-order valence-electron chi connectivity index (χ0n) is 17.0. The molecule has 1 heterocycles. The molecule has 1 saturated heterocycles. The van der Waals surface area contributed by atoms with Gasteiger partial charge in [-0.15, -0.1) is 0 Å². The van der Waals surface area contributed by atoms with Gasteiger partial charge in [-0.25, -0.2) is 0 Å². The van der Waals surface area contributed by atoms with Gasteiger partial charge in [0.25, 0.3) is 0 Å². The first-order valence-corrected chi connectivity index (χ1v) is 10.1. The maximum Gasteiger partial charge on any atom is 0.191 e. The van der Waals surface area contributed by atoms with Gasteiger partial charge in [0.05, 0.1) is 19.7 Å². The second kappa shape index (κ2) is 8.71. The highest BCUT2D eigenvalue weighted by Crippen LogP contribution is 2.26. The van der Waals surface area contributed by atoms with Crippen molar-refractivity contribution >= 4 is 5.78 Å². The fourth-order valence-corrected chi connectivity index (χ4v) is 4.46. The van der Waals surface area contributed by atoms with E-state index in [1.54, 1.807) is 0 Å². The van der Waals surface area contributed by atoms with Crippen molar-refractivity contribution in [3.8, 4) is 5.75 Å². The predicted octanol–water partition coefficient (Wildman–Crippen LogP) is 4.62. The third kappa shape index (κ3) is 4.98. The average Bonchev–Trinajstić information content (AvgIpc) is 3.07. The first-order chi connectivity index (χ1) is 13.0. The van der Waals surface area contributed by atoms with Crippen LogP contribution in [-0.2, 0) is 17.8 Å². The molecule has 0 aromatic heterocycles. The number of nitrogens with zero attached hydrogens (tertiary/aromatic N) is 1. The smallest absolute Gasteiger partial charge is 0.191 e. The van der Waals surface area contributed by atoms with E-state index in [9.17, 15) is 4.79 Å². The summed E-state index contributed by atoms with van der Waals surface area (Å²) in [4.78, 5) is 13.0. The number of Topliss-reactive ketones (excluding diaryl/α,β-unsaturated/α-hetero) is 1. The van der Waals surface area contributed by atoms with Crippen molar-refractivity contribution in [2.24, 2.45) is 0 Å². The lowest BCUT2D eigenvalue weighted by atomic mass is 9.97. The van der Waals surface area contributed by atoms with Crippen molar-refractivity contribution in [1.29, 1.82) is 0 Å². The Balaban J connectivity index is 1.72. The molecule has 144 valence electrons. The Labute approximate surface area is 163 Å².